The van der Waals surface area contributed by atoms with Crippen molar-refractivity contribution in [2.45, 2.75) is 32.1 Å². The first-order valence-corrected chi connectivity index (χ1v) is 4.75. The monoisotopic (exact) mass is 220 g/mol. The number of halogens is 3. The van der Waals surface area contributed by atoms with Crippen molar-refractivity contribution in [1.29, 1.82) is 0 Å². The second-order valence-corrected chi connectivity index (χ2v) is 3.48. The summed E-state index contributed by atoms with van der Waals surface area (Å²) in [5, 5.41) is 10.7. The molecule has 0 saturated heterocycles. The third-order valence-corrected chi connectivity index (χ3v) is 2.33. The number of alkyl halides is 3. The van der Waals surface area contributed by atoms with E-state index in [2.05, 4.69) is 15.5 Å². The van der Waals surface area contributed by atoms with Crippen LogP contribution in [0.1, 0.15) is 18.1 Å². The van der Waals surface area contributed by atoms with Gasteiger partial charge in [0.2, 0.25) is 0 Å². The number of rotatable bonds is 2. The van der Waals surface area contributed by atoms with Crippen LogP contribution in [0.5, 0.6) is 0 Å². The number of hydrogen-bond acceptors (Lipinski definition) is 3. The van der Waals surface area contributed by atoms with Gasteiger partial charge in [0.25, 0.3) is 0 Å². The van der Waals surface area contributed by atoms with Crippen LogP contribution in [0.3, 0.4) is 0 Å². The van der Waals surface area contributed by atoms with Gasteiger partial charge in [0.05, 0.1) is 13.0 Å². The van der Waals surface area contributed by atoms with E-state index >= 15 is 0 Å². The van der Waals surface area contributed by atoms with E-state index < -0.39 is 12.6 Å². The van der Waals surface area contributed by atoms with Crippen LogP contribution in [0.15, 0.2) is 0 Å². The highest BCUT2D eigenvalue weighted by molar-refractivity contribution is 4.98. The fraction of sp³-hybridized carbons (Fsp3) is 0.750. The third kappa shape index (κ3) is 2.47. The van der Waals surface area contributed by atoms with E-state index in [4.69, 9.17) is 0 Å². The second kappa shape index (κ2) is 3.80. The maximum atomic E-state index is 12.0. The second-order valence-electron chi connectivity index (χ2n) is 3.48. The Balaban J connectivity index is 2.06. The van der Waals surface area contributed by atoms with Crippen LogP contribution >= 0.6 is 0 Å². The van der Waals surface area contributed by atoms with Crippen molar-refractivity contribution in [2.24, 2.45) is 0 Å². The third-order valence-electron chi connectivity index (χ3n) is 2.33. The van der Waals surface area contributed by atoms with Gasteiger partial charge in [-0.15, -0.1) is 10.2 Å². The van der Waals surface area contributed by atoms with E-state index in [1.165, 1.54) is 0 Å². The summed E-state index contributed by atoms with van der Waals surface area (Å²) in [5.41, 5.74) is 0. The maximum Gasteiger partial charge on any atom is 0.389 e. The zero-order chi connectivity index (χ0) is 10.9. The average molecular weight is 220 g/mol. The van der Waals surface area contributed by atoms with Crippen molar-refractivity contribution < 1.29 is 13.2 Å². The van der Waals surface area contributed by atoms with Crippen molar-refractivity contribution >= 4 is 0 Å². The standard InChI is InChI=1S/C8H11F3N4/c9-8(10,11)2-1-6-13-14-7-5-12-3-4-15(6)7/h12H,1-5H2. The SMILES string of the molecule is FC(F)(F)CCc1nnc2n1CCNC2. The molecule has 0 aromatic carbocycles. The van der Waals surface area contributed by atoms with E-state index in [9.17, 15) is 13.2 Å². The van der Waals surface area contributed by atoms with Gasteiger partial charge in [-0.3, -0.25) is 0 Å². The van der Waals surface area contributed by atoms with Crippen molar-refractivity contribution in [1.82, 2.24) is 20.1 Å². The molecule has 1 aliphatic heterocycles. The molecular formula is C8H11F3N4. The van der Waals surface area contributed by atoms with Crippen molar-refractivity contribution in [3.63, 3.8) is 0 Å². The molecule has 0 saturated carbocycles. The molecule has 2 heterocycles. The van der Waals surface area contributed by atoms with E-state index in [1.54, 1.807) is 4.57 Å². The highest BCUT2D eigenvalue weighted by atomic mass is 19.4. The molecule has 0 amide bonds. The molecule has 0 unspecified atom stereocenters. The smallest absolute Gasteiger partial charge is 0.313 e. The minimum Gasteiger partial charge on any atom is -0.313 e. The quantitative estimate of drug-likeness (QED) is 0.804. The predicted octanol–water partition coefficient (Wildman–Crippen LogP) is 0.876. The average Bonchev–Trinajstić information content (AvgIpc) is 2.57. The lowest BCUT2D eigenvalue weighted by Gasteiger charge is -2.16. The van der Waals surface area contributed by atoms with Crippen LogP contribution in [0.4, 0.5) is 13.2 Å². The summed E-state index contributed by atoms with van der Waals surface area (Å²) >= 11 is 0. The molecule has 1 aliphatic rings. The maximum absolute atomic E-state index is 12.0. The Morgan fingerprint density at radius 2 is 2.13 bits per heavy atom. The van der Waals surface area contributed by atoms with Crippen LogP contribution < -0.4 is 5.32 Å². The fourth-order valence-electron chi connectivity index (χ4n) is 1.59. The van der Waals surface area contributed by atoms with Gasteiger partial charge in [-0.1, -0.05) is 0 Å². The molecule has 0 fully saturated rings. The Morgan fingerprint density at radius 3 is 2.87 bits per heavy atom. The lowest BCUT2D eigenvalue weighted by Crippen LogP contribution is -2.29. The summed E-state index contributed by atoms with van der Waals surface area (Å²) < 4.78 is 37.8. The molecule has 0 bridgehead atoms. The van der Waals surface area contributed by atoms with Gasteiger partial charge in [-0.2, -0.15) is 13.2 Å². The van der Waals surface area contributed by atoms with Gasteiger partial charge < -0.3 is 9.88 Å². The van der Waals surface area contributed by atoms with Crippen LogP contribution in [-0.2, 0) is 19.5 Å². The van der Waals surface area contributed by atoms with Crippen LogP contribution in [0.25, 0.3) is 0 Å². The highest BCUT2D eigenvalue weighted by Gasteiger charge is 2.28. The van der Waals surface area contributed by atoms with E-state index in [0.29, 0.717) is 18.9 Å². The number of hydrogen-bond donors (Lipinski definition) is 1. The first-order chi connectivity index (χ1) is 7.06. The molecule has 1 aromatic rings. The van der Waals surface area contributed by atoms with E-state index in [-0.39, 0.29) is 6.42 Å². The Bertz CT molecular complexity index is 344. The number of aromatic nitrogens is 3. The Hall–Kier alpha value is -1.11. The van der Waals surface area contributed by atoms with Crippen molar-refractivity contribution in [2.75, 3.05) is 6.54 Å². The molecule has 84 valence electrons. The van der Waals surface area contributed by atoms with Gasteiger partial charge in [-0.25, -0.2) is 0 Å². The fourth-order valence-corrected chi connectivity index (χ4v) is 1.59. The molecule has 1 N–H and O–H groups in total. The molecule has 2 rings (SSSR count). The normalized spacial score (nSPS) is 16.5. The van der Waals surface area contributed by atoms with Gasteiger partial charge in [0.15, 0.2) is 0 Å². The Labute approximate surface area is 84.5 Å². The number of nitrogens with zero attached hydrogens (tertiary/aromatic N) is 3. The number of nitrogens with one attached hydrogen (secondary N) is 1. The van der Waals surface area contributed by atoms with Gasteiger partial charge in [0.1, 0.15) is 11.6 Å². The molecule has 0 aliphatic carbocycles. The van der Waals surface area contributed by atoms with Crippen molar-refractivity contribution in [3.8, 4) is 0 Å². The topological polar surface area (TPSA) is 42.7 Å². The Kier molecular flexibility index (Phi) is 2.64. The molecule has 0 atom stereocenters. The minimum absolute atomic E-state index is 0.0868. The molecule has 1 aromatic heterocycles. The summed E-state index contributed by atoms with van der Waals surface area (Å²) in [6, 6.07) is 0. The number of fused-ring (bicyclic) bond motifs is 1. The summed E-state index contributed by atoms with van der Waals surface area (Å²) in [6.07, 6.45) is -5.05. The van der Waals surface area contributed by atoms with Gasteiger partial charge in [0, 0.05) is 19.5 Å². The Morgan fingerprint density at radius 1 is 1.33 bits per heavy atom. The van der Waals surface area contributed by atoms with E-state index in [1.807, 2.05) is 0 Å². The minimum atomic E-state index is -4.13. The summed E-state index contributed by atoms with van der Waals surface area (Å²) in [5.74, 6) is 1.15. The van der Waals surface area contributed by atoms with E-state index in [0.717, 1.165) is 12.4 Å². The predicted molar refractivity (Wildman–Crippen MR) is 46.1 cm³/mol. The lowest BCUT2D eigenvalue weighted by molar-refractivity contribution is -0.134. The molecule has 7 heteroatoms. The van der Waals surface area contributed by atoms with Gasteiger partial charge >= 0.3 is 6.18 Å². The van der Waals surface area contributed by atoms with Crippen LogP contribution in [0, 0.1) is 0 Å². The summed E-state index contributed by atoms with van der Waals surface area (Å²) in [7, 11) is 0. The molecule has 4 nitrogen and oxygen atoms in total. The molecule has 0 spiro atoms. The van der Waals surface area contributed by atoms with Crippen LogP contribution in [-0.4, -0.2) is 27.5 Å². The molecule has 0 radical (unpaired) electrons. The first kappa shape index (κ1) is 10.4. The number of aryl methyl sites for hydroxylation is 1. The van der Waals surface area contributed by atoms with Crippen LogP contribution in [0.2, 0.25) is 0 Å². The largest absolute Gasteiger partial charge is 0.389 e. The zero-order valence-corrected chi connectivity index (χ0v) is 8.01. The first-order valence-electron chi connectivity index (χ1n) is 4.75. The van der Waals surface area contributed by atoms with Crippen molar-refractivity contribution in [3.05, 3.63) is 11.6 Å². The molecular weight excluding hydrogens is 209 g/mol. The lowest BCUT2D eigenvalue weighted by atomic mass is 10.3. The molecule has 15 heavy (non-hydrogen) atoms. The zero-order valence-electron chi connectivity index (χ0n) is 8.01. The summed E-state index contributed by atoms with van der Waals surface area (Å²) in [6.45, 7) is 1.98. The highest BCUT2D eigenvalue weighted by Crippen LogP contribution is 2.22. The van der Waals surface area contributed by atoms with Gasteiger partial charge in [-0.05, 0) is 0 Å². The summed E-state index contributed by atoms with van der Waals surface area (Å²) in [4.78, 5) is 0.